The Balaban J connectivity index is 1.37. The van der Waals surface area contributed by atoms with E-state index < -0.39 is 32.7 Å². The van der Waals surface area contributed by atoms with Crippen LogP contribution in [0.4, 0.5) is 19.0 Å². The summed E-state index contributed by atoms with van der Waals surface area (Å²) in [7, 11) is -3.54. The molecule has 0 saturated heterocycles. The summed E-state index contributed by atoms with van der Waals surface area (Å²) in [6, 6.07) is 11.9. The highest BCUT2D eigenvalue weighted by molar-refractivity contribution is 7.92. The van der Waals surface area contributed by atoms with E-state index in [0.717, 1.165) is 23.4 Å². The molecule has 1 amide bonds. The number of carbonyl (C=O) groups excluding carboxylic acids is 1. The van der Waals surface area contributed by atoms with Gasteiger partial charge in [0.2, 0.25) is 0 Å². The summed E-state index contributed by atoms with van der Waals surface area (Å²) in [6.45, 7) is 0. The van der Waals surface area contributed by atoms with E-state index in [4.69, 9.17) is 5.73 Å². The van der Waals surface area contributed by atoms with Crippen LogP contribution in [-0.2, 0) is 16.0 Å². The van der Waals surface area contributed by atoms with E-state index in [1.54, 1.807) is 30.3 Å². The topological polar surface area (TPSA) is 115 Å². The average molecular weight is 505 g/mol. The summed E-state index contributed by atoms with van der Waals surface area (Å²) >= 11 is 0. The fraction of sp³-hybridized carbons (Fsp3) is 0.292. The lowest BCUT2D eigenvalue weighted by molar-refractivity contribution is -0.137. The summed E-state index contributed by atoms with van der Waals surface area (Å²) in [5, 5.41) is 2.56. The molecule has 4 rings (SSSR count). The van der Waals surface area contributed by atoms with Gasteiger partial charge in [-0.3, -0.25) is 9.78 Å². The van der Waals surface area contributed by atoms with Gasteiger partial charge in [-0.05, 0) is 61.6 Å². The normalized spacial score (nSPS) is 18.7. The van der Waals surface area contributed by atoms with Crippen LogP contribution in [0.5, 0.6) is 0 Å². The molecular weight excluding hydrogens is 481 g/mol. The number of rotatable bonds is 6. The van der Waals surface area contributed by atoms with Crippen molar-refractivity contribution in [1.29, 1.82) is 0 Å². The highest BCUT2D eigenvalue weighted by Crippen LogP contribution is 2.32. The Labute approximate surface area is 200 Å². The maximum atomic E-state index is 13.1. The van der Waals surface area contributed by atoms with E-state index in [0.29, 0.717) is 31.5 Å². The molecule has 1 fully saturated rings. The van der Waals surface area contributed by atoms with Crippen molar-refractivity contribution >= 4 is 21.6 Å². The van der Waals surface area contributed by atoms with Crippen molar-refractivity contribution < 1.29 is 26.4 Å². The molecule has 35 heavy (non-hydrogen) atoms. The number of alkyl halides is 3. The molecule has 2 aromatic heterocycles. The lowest BCUT2D eigenvalue weighted by atomic mass is 9.95. The van der Waals surface area contributed by atoms with Crippen molar-refractivity contribution in [3.8, 4) is 11.1 Å². The van der Waals surface area contributed by atoms with Crippen LogP contribution in [0.3, 0.4) is 0 Å². The van der Waals surface area contributed by atoms with E-state index in [-0.39, 0.29) is 16.6 Å². The second kappa shape index (κ2) is 9.65. The first kappa shape index (κ1) is 24.6. The molecule has 1 aliphatic rings. The average Bonchev–Trinajstić information content (AvgIpc) is 2.84. The summed E-state index contributed by atoms with van der Waals surface area (Å²) in [5.74, 6) is -0.295. The van der Waals surface area contributed by atoms with Crippen LogP contribution >= 0.6 is 0 Å². The summed E-state index contributed by atoms with van der Waals surface area (Å²) in [4.78, 5) is 19.2. The number of carbonyl (C=O) groups is 1. The second-order valence-corrected chi connectivity index (χ2v) is 10.6. The molecule has 184 valence electrons. The number of sulfone groups is 1. The van der Waals surface area contributed by atoms with Crippen molar-refractivity contribution in [3.05, 3.63) is 72.2 Å². The van der Waals surface area contributed by atoms with Gasteiger partial charge in [0.25, 0.3) is 5.91 Å². The summed E-state index contributed by atoms with van der Waals surface area (Å²) in [6.07, 6.45) is -0.177. The van der Waals surface area contributed by atoms with Crippen LogP contribution in [0.25, 0.3) is 11.1 Å². The number of nitrogens with one attached hydrogen (secondary N) is 1. The SMILES string of the molecule is NC(=O)c1ccc(-c2ccc(S(=O)(=O)C3CCC(Nc4ccc(C(F)(F)F)cn4)CC3)cc2)cn1. The first-order chi connectivity index (χ1) is 16.5. The minimum atomic E-state index is -4.44. The first-order valence-corrected chi connectivity index (χ1v) is 12.5. The minimum Gasteiger partial charge on any atom is -0.367 e. The van der Waals surface area contributed by atoms with Gasteiger partial charge in [-0.1, -0.05) is 18.2 Å². The highest BCUT2D eigenvalue weighted by Gasteiger charge is 2.33. The Hall–Kier alpha value is -3.47. The molecule has 3 N–H and O–H groups in total. The molecule has 3 aromatic rings. The third-order valence-electron chi connectivity index (χ3n) is 6.09. The molecule has 0 unspecified atom stereocenters. The molecule has 1 aromatic carbocycles. The van der Waals surface area contributed by atoms with Crippen LogP contribution in [0.15, 0.2) is 65.8 Å². The van der Waals surface area contributed by atoms with E-state index in [1.807, 2.05) is 0 Å². The van der Waals surface area contributed by atoms with Gasteiger partial charge in [0.05, 0.1) is 15.7 Å². The zero-order valence-corrected chi connectivity index (χ0v) is 19.3. The molecule has 0 spiro atoms. The van der Waals surface area contributed by atoms with Crippen molar-refractivity contribution in [2.45, 2.75) is 48.0 Å². The molecule has 2 heterocycles. The fourth-order valence-electron chi connectivity index (χ4n) is 4.11. The summed E-state index contributed by atoms with van der Waals surface area (Å²) < 4.78 is 64.4. The van der Waals surface area contributed by atoms with Gasteiger partial charge in [0.15, 0.2) is 9.84 Å². The number of hydrogen-bond acceptors (Lipinski definition) is 6. The third kappa shape index (κ3) is 5.61. The number of amides is 1. The van der Waals surface area contributed by atoms with Gasteiger partial charge in [-0.15, -0.1) is 0 Å². The zero-order valence-electron chi connectivity index (χ0n) is 18.5. The number of nitrogens with two attached hydrogens (primary N) is 1. The van der Waals surface area contributed by atoms with E-state index in [9.17, 15) is 26.4 Å². The Morgan fingerprint density at radius 3 is 2.06 bits per heavy atom. The Morgan fingerprint density at radius 2 is 1.54 bits per heavy atom. The maximum Gasteiger partial charge on any atom is 0.417 e. The van der Waals surface area contributed by atoms with Crippen LogP contribution in [0, 0.1) is 0 Å². The number of hydrogen-bond donors (Lipinski definition) is 2. The zero-order chi connectivity index (χ0) is 25.2. The number of benzene rings is 1. The van der Waals surface area contributed by atoms with Crippen LogP contribution in [-0.4, -0.2) is 35.6 Å². The molecule has 0 aliphatic heterocycles. The largest absolute Gasteiger partial charge is 0.417 e. The van der Waals surface area contributed by atoms with Gasteiger partial charge in [-0.25, -0.2) is 13.4 Å². The number of pyridine rings is 2. The lowest BCUT2D eigenvalue weighted by Gasteiger charge is -2.29. The third-order valence-corrected chi connectivity index (χ3v) is 8.37. The number of anilines is 1. The van der Waals surface area contributed by atoms with E-state index in [1.165, 1.54) is 18.3 Å². The molecule has 1 saturated carbocycles. The molecule has 0 atom stereocenters. The molecule has 11 heteroatoms. The molecule has 1 aliphatic carbocycles. The number of halogens is 3. The van der Waals surface area contributed by atoms with Gasteiger partial charge >= 0.3 is 6.18 Å². The summed E-state index contributed by atoms with van der Waals surface area (Å²) in [5.41, 5.74) is 6.00. The predicted molar refractivity (Wildman–Crippen MR) is 124 cm³/mol. The van der Waals surface area contributed by atoms with Crippen LogP contribution in [0.2, 0.25) is 0 Å². The number of primary amides is 1. The minimum absolute atomic E-state index is 0.0658. The molecular formula is C24H23F3N4O3S. The number of aromatic nitrogens is 2. The van der Waals surface area contributed by atoms with Crippen LogP contribution in [0.1, 0.15) is 41.7 Å². The van der Waals surface area contributed by atoms with Crippen LogP contribution < -0.4 is 11.1 Å². The van der Waals surface area contributed by atoms with Crippen molar-refractivity contribution in [1.82, 2.24) is 9.97 Å². The monoisotopic (exact) mass is 504 g/mol. The Morgan fingerprint density at radius 1 is 0.886 bits per heavy atom. The molecule has 0 bridgehead atoms. The van der Waals surface area contributed by atoms with Crippen molar-refractivity contribution in [2.75, 3.05) is 5.32 Å². The van der Waals surface area contributed by atoms with Gasteiger partial charge in [0.1, 0.15) is 11.5 Å². The molecule has 7 nitrogen and oxygen atoms in total. The maximum absolute atomic E-state index is 13.1. The standard InChI is InChI=1S/C24H23F3N4O3S/c25-24(26,27)17-4-12-22(30-14-17)31-18-5-9-20(10-6-18)35(33,34)19-7-1-15(2-8-19)16-3-11-21(23(28)32)29-13-16/h1-4,7-8,11-14,18,20H,5-6,9-10H2,(H2,28,32)(H,30,31). The molecule has 0 radical (unpaired) electrons. The van der Waals surface area contributed by atoms with E-state index in [2.05, 4.69) is 15.3 Å². The Kier molecular flexibility index (Phi) is 6.79. The van der Waals surface area contributed by atoms with Gasteiger partial charge < -0.3 is 11.1 Å². The van der Waals surface area contributed by atoms with Crippen molar-refractivity contribution in [3.63, 3.8) is 0 Å². The van der Waals surface area contributed by atoms with Gasteiger partial charge in [-0.2, -0.15) is 13.2 Å². The first-order valence-electron chi connectivity index (χ1n) is 10.9. The number of nitrogens with zero attached hydrogens (tertiary/aromatic N) is 2. The lowest BCUT2D eigenvalue weighted by Crippen LogP contribution is -2.33. The van der Waals surface area contributed by atoms with Gasteiger partial charge in [0, 0.05) is 24.0 Å². The fourth-order valence-corrected chi connectivity index (χ4v) is 5.91. The Bertz CT molecular complexity index is 1290. The second-order valence-electron chi connectivity index (χ2n) is 8.41. The van der Waals surface area contributed by atoms with Crippen molar-refractivity contribution in [2.24, 2.45) is 5.73 Å². The smallest absolute Gasteiger partial charge is 0.367 e. The predicted octanol–water partition coefficient (Wildman–Crippen LogP) is 4.46. The highest BCUT2D eigenvalue weighted by atomic mass is 32.2. The quantitative estimate of drug-likeness (QED) is 0.512. The van der Waals surface area contributed by atoms with E-state index >= 15 is 0 Å².